The van der Waals surface area contributed by atoms with E-state index in [2.05, 4.69) is 0 Å². The maximum Gasteiger partial charge on any atom is 0.127 e. The lowest BCUT2D eigenvalue weighted by molar-refractivity contribution is 0.138. The average Bonchev–Trinajstić information content (AvgIpc) is 2.35. The first-order valence-corrected chi connectivity index (χ1v) is 5.71. The Labute approximate surface area is 115 Å². The van der Waals surface area contributed by atoms with Crippen molar-refractivity contribution in [2.45, 2.75) is 32.4 Å². The van der Waals surface area contributed by atoms with Crippen LogP contribution in [-0.2, 0) is 0 Å². The van der Waals surface area contributed by atoms with Gasteiger partial charge in [0.25, 0.3) is 0 Å². The van der Waals surface area contributed by atoms with Crippen molar-refractivity contribution in [1.82, 2.24) is 0 Å². The molecule has 0 heterocycles. The second kappa shape index (κ2) is 7.46. The Balaban J connectivity index is 0.00000289. The number of aryl methyl sites for hydroxylation is 1. The maximum atomic E-state index is 9.85. The van der Waals surface area contributed by atoms with Gasteiger partial charge in [-0.3, -0.25) is 0 Å². The van der Waals surface area contributed by atoms with E-state index in [1.165, 1.54) is 0 Å². The van der Waals surface area contributed by atoms with Crippen molar-refractivity contribution in [3.8, 4) is 11.5 Å². The molecule has 0 aliphatic rings. The molecule has 3 N–H and O–H groups in total. The van der Waals surface area contributed by atoms with Crippen molar-refractivity contribution in [3.63, 3.8) is 0 Å². The number of hydrogen-bond donors (Lipinski definition) is 2. The summed E-state index contributed by atoms with van der Waals surface area (Å²) in [7, 11) is 3.17. The largest absolute Gasteiger partial charge is 0.496 e. The summed E-state index contributed by atoms with van der Waals surface area (Å²) in [4.78, 5) is 0. The molecule has 0 spiro atoms. The predicted octanol–water partition coefficient (Wildman–Crippen LogP) is 2.20. The summed E-state index contributed by atoms with van der Waals surface area (Å²) >= 11 is 0. The zero-order valence-corrected chi connectivity index (χ0v) is 12.1. The minimum Gasteiger partial charge on any atom is -0.496 e. The van der Waals surface area contributed by atoms with E-state index >= 15 is 0 Å². The number of benzene rings is 1. The van der Waals surface area contributed by atoms with Crippen molar-refractivity contribution in [2.75, 3.05) is 14.2 Å². The van der Waals surface area contributed by atoms with E-state index in [-0.39, 0.29) is 12.4 Å². The second-order valence-corrected chi connectivity index (χ2v) is 4.08. The molecule has 0 unspecified atom stereocenters. The molecule has 1 rings (SSSR count). The van der Waals surface area contributed by atoms with Gasteiger partial charge in [-0.25, -0.2) is 0 Å². The van der Waals surface area contributed by atoms with Gasteiger partial charge in [0.15, 0.2) is 0 Å². The minimum atomic E-state index is -0.611. The Morgan fingerprint density at radius 2 is 1.67 bits per heavy atom. The fraction of sp³-hybridized carbons (Fsp3) is 0.538. The second-order valence-electron chi connectivity index (χ2n) is 4.08. The summed E-state index contributed by atoms with van der Waals surface area (Å²) in [6.45, 7) is 3.84. The average molecular weight is 276 g/mol. The van der Waals surface area contributed by atoms with Crippen molar-refractivity contribution in [2.24, 2.45) is 5.73 Å². The van der Waals surface area contributed by atoms with Crippen LogP contribution in [0.1, 0.15) is 30.5 Å². The van der Waals surface area contributed by atoms with Gasteiger partial charge in [-0.1, -0.05) is 6.92 Å². The molecule has 0 aromatic heterocycles. The van der Waals surface area contributed by atoms with Gasteiger partial charge in [-0.05, 0) is 31.0 Å². The van der Waals surface area contributed by atoms with Crippen LogP contribution < -0.4 is 15.2 Å². The molecule has 0 fully saturated rings. The quantitative estimate of drug-likeness (QED) is 0.865. The molecule has 2 atom stereocenters. The topological polar surface area (TPSA) is 64.7 Å². The molecule has 18 heavy (non-hydrogen) atoms. The first kappa shape index (κ1) is 17.0. The molecule has 0 amide bonds. The number of ether oxygens (including phenoxy) is 2. The Hall–Kier alpha value is -0.970. The van der Waals surface area contributed by atoms with E-state index in [0.717, 1.165) is 11.1 Å². The summed E-state index contributed by atoms with van der Waals surface area (Å²) in [5.41, 5.74) is 7.79. The van der Waals surface area contributed by atoms with Crippen LogP contribution in [-0.4, -0.2) is 25.4 Å². The molecular formula is C13H22ClNO3. The number of hydrogen-bond acceptors (Lipinski definition) is 4. The monoisotopic (exact) mass is 275 g/mol. The molecule has 4 nitrogen and oxygen atoms in total. The fourth-order valence-electron chi connectivity index (χ4n) is 1.84. The van der Waals surface area contributed by atoms with Gasteiger partial charge in [0.1, 0.15) is 11.5 Å². The van der Waals surface area contributed by atoms with Crippen molar-refractivity contribution >= 4 is 12.4 Å². The van der Waals surface area contributed by atoms with Crippen molar-refractivity contribution in [1.29, 1.82) is 0 Å². The van der Waals surface area contributed by atoms with E-state index in [9.17, 15) is 5.11 Å². The van der Waals surface area contributed by atoms with Crippen molar-refractivity contribution in [3.05, 3.63) is 23.3 Å². The Morgan fingerprint density at radius 1 is 1.22 bits per heavy atom. The highest BCUT2D eigenvalue weighted by molar-refractivity contribution is 5.85. The highest BCUT2D eigenvalue weighted by Crippen LogP contribution is 2.36. The molecule has 1 aromatic rings. The zero-order valence-electron chi connectivity index (χ0n) is 11.3. The van der Waals surface area contributed by atoms with E-state index in [1.807, 2.05) is 26.0 Å². The van der Waals surface area contributed by atoms with Crippen molar-refractivity contribution < 1.29 is 14.6 Å². The summed E-state index contributed by atoms with van der Waals surface area (Å²) in [6, 6.07) is 3.27. The predicted molar refractivity (Wildman–Crippen MR) is 74.8 cm³/mol. The third-order valence-electron chi connectivity index (χ3n) is 2.85. The Bertz CT molecular complexity index is 359. The van der Waals surface area contributed by atoms with Crippen LogP contribution in [0.3, 0.4) is 0 Å². The number of rotatable bonds is 5. The molecule has 0 saturated carbocycles. The SMILES string of the molecule is CC[C@@H](O)[C@@H](N)c1c(OC)cc(C)cc1OC.Cl. The van der Waals surface area contributed by atoms with Gasteiger partial charge in [0.2, 0.25) is 0 Å². The Morgan fingerprint density at radius 3 is 2.00 bits per heavy atom. The van der Waals surface area contributed by atoms with Crippen LogP contribution in [0.2, 0.25) is 0 Å². The first-order chi connectivity index (χ1) is 8.04. The molecular weight excluding hydrogens is 254 g/mol. The standard InChI is InChI=1S/C13H21NO3.ClH/c1-5-9(15)13(14)12-10(16-3)6-8(2)7-11(12)17-4;/h6-7,9,13,15H,5,14H2,1-4H3;1H/t9-,13-;/m1./s1. The summed E-state index contributed by atoms with van der Waals surface area (Å²) in [5, 5.41) is 9.85. The van der Waals surface area contributed by atoms with Gasteiger partial charge in [0.05, 0.1) is 31.9 Å². The van der Waals surface area contributed by atoms with E-state index in [4.69, 9.17) is 15.2 Å². The van der Waals surface area contributed by atoms with Gasteiger partial charge < -0.3 is 20.3 Å². The smallest absolute Gasteiger partial charge is 0.127 e. The molecule has 0 saturated heterocycles. The Kier molecular flexibility index (Phi) is 7.06. The van der Waals surface area contributed by atoms with Gasteiger partial charge >= 0.3 is 0 Å². The van der Waals surface area contributed by atoms with Gasteiger partial charge in [0, 0.05) is 0 Å². The van der Waals surface area contributed by atoms with Crippen LogP contribution in [0.5, 0.6) is 11.5 Å². The van der Waals surface area contributed by atoms with Crippen LogP contribution in [0.4, 0.5) is 0 Å². The summed E-state index contributed by atoms with van der Waals surface area (Å²) < 4.78 is 10.6. The third kappa shape index (κ3) is 3.51. The van der Waals surface area contributed by atoms with Crippen LogP contribution in [0.15, 0.2) is 12.1 Å². The molecule has 1 aromatic carbocycles. The highest BCUT2D eigenvalue weighted by atomic mass is 35.5. The number of aliphatic hydroxyl groups is 1. The maximum absolute atomic E-state index is 9.85. The molecule has 0 radical (unpaired) electrons. The van der Waals surface area contributed by atoms with Gasteiger partial charge in [-0.15, -0.1) is 12.4 Å². The molecule has 104 valence electrons. The third-order valence-corrected chi connectivity index (χ3v) is 2.85. The molecule has 0 aliphatic heterocycles. The zero-order chi connectivity index (χ0) is 13.0. The number of methoxy groups -OCH3 is 2. The summed E-state index contributed by atoms with van der Waals surface area (Å²) in [5.74, 6) is 1.31. The van der Waals surface area contributed by atoms with Crippen LogP contribution in [0.25, 0.3) is 0 Å². The fourth-order valence-corrected chi connectivity index (χ4v) is 1.84. The number of halogens is 1. The molecule has 5 heteroatoms. The van der Waals surface area contributed by atoms with E-state index in [0.29, 0.717) is 17.9 Å². The molecule has 0 aliphatic carbocycles. The molecule has 0 bridgehead atoms. The number of aliphatic hydroxyl groups excluding tert-OH is 1. The highest BCUT2D eigenvalue weighted by Gasteiger charge is 2.23. The summed E-state index contributed by atoms with van der Waals surface area (Å²) in [6.07, 6.45) is -0.0260. The number of nitrogens with two attached hydrogens (primary N) is 1. The normalized spacial score (nSPS) is 13.4. The minimum absolute atomic E-state index is 0. The lowest BCUT2D eigenvalue weighted by atomic mass is 9.97. The van der Waals surface area contributed by atoms with Crippen LogP contribution in [0, 0.1) is 6.92 Å². The lowest BCUT2D eigenvalue weighted by Gasteiger charge is -2.23. The van der Waals surface area contributed by atoms with Gasteiger partial charge in [-0.2, -0.15) is 0 Å². The van der Waals surface area contributed by atoms with Crippen LogP contribution >= 0.6 is 12.4 Å². The van der Waals surface area contributed by atoms with E-state index < -0.39 is 12.1 Å². The lowest BCUT2D eigenvalue weighted by Crippen LogP contribution is -2.26. The first-order valence-electron chi connectivity index (χ1n) is 5.71. The van der Waals surface area contributed by atoms with E-state index in [1.54, 1.807) is 14.2 Å².